The third-order valence-electron chi connectivity index (χ3n) is 4.95. The molecule has 7 heteroatoms. The summed E-state index contributed by atoms with van der Waals surface area (Å²) in [5.41, 5.74) is 1.79. The van der Waals surface area contributed by atoms with Crippen LogP contribution in [0.15, 0.2) is 23.0 Å². The Morgan fingerprint density at radius 1 is 1.15 bits per heavy atom. The maximum absolute atomic E-state index is 12.4. The van der Waals surface area contributed by atoms with Crippen molar-refractivity contribution < 1.29 is 14.3 Å². The molecule has 1 amide bonds. The minimum atomic E-state index is -0.561. The van der Waals surface area contributed by atoms with Gasteiger partial charge in [-0.05, 0) is 44.9 Å². The average molecular weight is 371 g/mol. The monoisotopic (exact) mass is 371 g/mol. The van der Waals surface area contributed by atoms with Crippen molar-refractivity contribution in [1.82, 2.24) is 14.5 Å². The zero-order chi connectivity index (χ0) is 19.4. The first-order valence-electron chi connectivity index (χ1n) is 9.47. The van der Waals surface area contributed by atoms with Crippen LogP contribution in [0, 0.1) is 6.92 Å². The van der Waals surface area contributed by atoms with Gasteiger partial charge in [-0.25, -0.2) is 9.78 Å². The molecule has 0 radical (unpaired) electrons. The molecule has 1 fully saturated rings. The van der Waals surface area contributed by atoms with Gasteiger partial charge < -0.3 is 14.2 Å². The highest BCUT2D eigenvalue weighted by Crippen LogP contribution is 2.15. The van der Waals surface area contributed by atoms with Crippen LogP contribution in [-0.4, -0.2) is 46.0 Å². The van der Waals surface area contributed by atoms with E-state index in [0.717, 1.165) is 38.8 Å². The Bertz CT molecular complexity index is 911. The summed E-state index contributed by atoms with van der Waals surface area (Å²) < 4.78 is 6.84. The smallest absolute Gasteiger partial charge is 0.338 e. The molecule has 3 rings (SSSR count). The van der Waals surface area contributed by atoms with Crippen molar-refractivity contribution in [3.8, 4) is 0 Å². The van der Waals surface area contributed by atoms with E-state index in [4.69, 9.17) is 4.74 Å². The molecule has 1 aromatic carbocycles. The average Bonchev–Trinajstić information content (AvgIpc) is 2.96. The fourth-order valence-electron chi connectivity index (χ4n) is 3.44. The zero-order valence-electron chi connectivity index (χ0n) is 15.9. The van der Waals surface area contributed by atoms with Gasteiger partial charge in [0.1, 0.15) is 5.69 Å². The number of esters is 1. The fourth-order valence-corrected chi connectivity index (χ4v) is 3.44. The highest BCUT2D eigenvalue weighted by Gasteiger charge is 2.18. The third-order valence-corrected chi connectivity index (χ3v) is 4.95. The molecule has 0 atom stereocenters. The molecule has 1 aliphatic rings. The minimum absolute atomic E-state index is 0.136. The number of benzene rings is 1. The van der Waals surface area contributed by atoms with Gasteiger partial charge in [-0.15, -0.1) is 0 Å². The van der Waals surface area contributed by atoms with E-state index in [-0.39, 0.29) is 18.1 Å². The first kappa shape index (κ1) is 19.1. The van der Waals surface area contributed by atoms with Crippen LogP contribution in [-0.2, 0) is 16.1 Å². The van der Waals surface area contributed by atoms with Gasteiger partial charge in [0.2, 0.25) is 0 Å². The van der Waals surface area contributed by atoms with E-state index in [1.165, 1.54) is 0 Å². The highest BCUT2D eigenvalue weighted by molar-refractivity contribution is 5.94. The van der Waals surface area contributed by atoms with Crippen LogP contribution in [0.5, 0.6) is 0 Å². The van der Waals surface area contributed by atoms with Crippen LogP contribution in [0.2, 0.25) is 0 Å². The first-order valence-corrected chi connectivity index (χ1v) is 9.47. The number of likely N-dealkylation sites (tertiary alicyclic amines) is 1. The van der Waals surface area contributed by atoms with E-state index in [2.05, 4.69) is 4.98 Å². The van der Waals surface area contributed by atoms with Crippen molar-refractivity contribution in [1.29, 1.82) is 0 Å². The number of ether oxygens (including phenoxy) is 1. The summed E-state index contributed by atoms with van der Waals surface area (Å²) in [5.74, 6) is -0.714. The number of carbonyl (C=O) groups is 2. The number of carbonyl (C=O) groups excluding carboxylic acids is 2. The minimum Gasteiger partial charge on any atom is -0.452 e. The lowest BCUT2D eigenvalue weighted by Crippen LogP contribution is -2.35. The molecule has 144 valence electrons. The summed E-state index contributed by atoms with van der Waals surface area (Å²) in [4.78, 5) is 42.8. The summed E-state index contributed by atoms with van der Waals surface area (Å²) >= 11 is 0. The Kier molecular flexibility index (Phi) is 5.88. The van der Waals surface area contributed by atoms with Crippen molar-refractivity contribution in [3.63, 3.8) is 0 Å². The number of hydrogen-bond acceptors (Lipinski definition) is 5. The second kappa shape index (κ2) is 8.33. The maximum Gasteiger partial charge on any atom is 0.338 e. The van der Waals surface area contributed by atoms with Gasteiger partial charge in [0.05, 0.1) is 16.6 Å². The van der Waals surface area contributed by atoms with Gasteiger partial charge in [0, 0.05) is 19.6 Å². The SMILES string of the molecule is CCn1c(=O)c(C)nc2cc(C(=O)OCC(=O)N3CCCCCC3)ccc21. The van der Waals surface area contributed by atoms with Gasteiger partial charge in [-0.1, -0.05) is 12.8 Å². The first-order chi connectivity index (χ1) is 13.0. The molecule has 1 aromatic heterocycles. The topological polar surface area (TPSA) is 81.5 Å². The van der Waals surface area contributed by atoms with Crippen molar-refractivity contribution in [2.24, 2.45) is 0 Å². The lowest BCUT2D eigenvalue weighted by Gasteiger charge is -2.20. The summed E-state index contributed by atoms with van der Waals surface area (Å²) in [5, 5.41) is 0. The van der Waals surface area contributed by atoms with Crippen molar-refractivity contribution in [2.45, 2.75) is 46.1 Å². The van der Waals surface area contributed by atoms with Crippen molar-refractivity contribution in [2.75, 3.05) is 19.7 Å². The predicted octanol–water partition coefficient (Wildman–Crippen LogP) is 2.28. The third kappa shape index (κ3) is 4.18. The highest BCUT2D eigenvalue weighted by atomic mass is 16.5. The Labute approximate surface area is 157 Å². The van der Waals surface area contributed by atoms with E-state index in [0.29, 0.717) is 28.8 Å². The Balaban J connectivity index is 1.73. The zero-order valence-corrected chi connectivity index (χ0v) is 15.9. The molecular formula is C20H25N3O4. The molecule has 0 spiro atoms. The Morgan fingerprint density at radius 2 is 1.85 bits per heavy atom. The second-order valence-corrected chi connectivity index (χ2v) is 6.82. The van der Waals surface area contributed by atoms with Gasteiger partial charge in [0.15, 0.2) is 6.61 Å². The van der Waals surface area contributed by atoms with E-state index < -0.39 is 5.97 Å². The largest absolute Gasteiger partial charge is 0.452 e. The number of amides is 1. The van der Waals surface area contributed by atoms with Gasteiger partial charge >= 0.3 is 5.97 Å². The van der Waals surface area contributed by atoms with E-state index in [9.17, 15) is 14.4 Å². The van der Waals surface area contributed by atoms with Crippen LogP contribution in [0.1, 0.15) is 48.7 Å². The van der Waals surface area contributed by atoms with Crippen LogP contribution in [0.4, 0.5) is 0 Å². The molecule has 0 aliphatic carbocycles. The lowest BCUT2D eigenvalue weighted by molar-refractivity contribution is -0.134. The number of hydrogen-bond donors (Lipinski definition) is 0. The maximum atomic E-state index is 12.4. The predicted molar refractivity (Wildman–Crippen MR) is 102 cm³/mol. The van der Waals surface area contributed by atoms with E-state index in [1.807, 2.05) is 6.92 Å². The number of aryl methyl sites for hydroxylation is 2. The summed E-state index contributed by atoms with van der Waals surface area (Å²) in [7, 11) is 0. The van der Waals surface area contributed by atoms with Crippen molar-refractivity contribution >= 4 is 22.9 Å². The normalized spacial score (nSPS) is 14.8. The standard InChI is InChI=1S/C20H25N3O4/c1-3-23-17-9-8-15(12-16(17)21-14(2)19(23)25)20(26)27-13-18(24)22-10-6-4-5-7-11-22/h8-9,12H,3-7,10-11,13H2,1-2H3. The van der Waals surface area contributed by atoms with Crippen molar-refractivity contribution in [3.05, 3.63) is 39.8 Å². The molecule has 0 saturated carbocycles. The molecule has 2 heterocycles. The summed E-state index contributed by atoms with van der Waals surface area (Å²) in [6, 6.07) is 4.90. The number of rotatable bonds is 4. The molecule has 1 aliphatic heterocycles. The lowest BCUT2D eigenvalue weighted by atomic mass is 10.2. The molecule has 0 bridgehead atoms. The fraction of sp³-hybridized carbons (Fsp3) is 0.500. The number of aromatic nitrogens is 2. The van der Waals surface area contributed by atoms with Crippen LogP contribution in [0.3, 0.4) is 0 Å². The Hall–Kier alpha value is -2.70. The van der Waals surface area contributed by atoms with E-state index >= 15 is 0 Å². The quantitative estimate of drug-likeness (QED) is 0.770. The summed E-state index contributed by atoms with van der Waals surface area (Å²) in [6.07, 6.45) is 4.26. The van der Waals surface area contributed by atoms with Gasteiger partial charge in [0.25, 0.3) is 11.5 Å². The summed E-state index contributed by atoms with van der Waals surface area (Å²) in [6.45, 7) is 5.26. The number of nitrogens with zero attached hydrogens (tertiary/aromatic N) is 3. The van der Waals surface area contributed by atoms with E-state index in [1.54, 1.807) is 34.6 Å². The van der Waals surface area contributed by atoms with Crippen LogP contribution >= 0.6 is 0 Å². The van der Waals surface area contributed by atoms with Crippen LogP contribution < -0.4 is 5.56 Å². The van der Waals surface area contributed by atoms with Crippen LogP contribution in [0.25, 0.3) is 11.0 Å². The molecule has 7 nitrogen and oxygen atoms in total. The molecular weight excluding hydrogens is 346 g/mol. The molecule has 1 saturated heterocycles. The van der Waals surface area contributed by atoms with Gasteiger partial charge in [-0.2, -0.15) is 0 Å². The molecule has 0 N–H and O–H groups in total. The molecule has 0 unspecified atom stereocenters. The second-order valence-electron chi connectivity index (χ2n) is 6.82. The number of fused-ring (bicyclic) bond motifs is 1. The molecule has 27 heavy (non-hydrogen) atoms. The molecule has 2 aromatic rings. The van der Waals surface area contributed by atoms with Gasteiger partial charge in [-0.3, -0.25) is 9.59 Å². The Morgan fingerprint density at radius 3 is 2.52 bits per heavy atom.